The van der Waals surface area contributed by atoms with Gasteiger partial charge in [-0.25, -0.2) is 0 Å². The van der Waals surface area contributed by atoms with Crippen LogP contribution in [0.2, 0.25) is 0 Å². The van der Waals surface area contributed by atoms with Crippen LogP contribution in [0.15, 0.2) is 0 Å². The molecule has 0 spiro atoms. The fourth-order valence-corrected chi connectivity index (χ4v) is 1.76. The van der Waals surface area contributed by atoms with Gasteiger partial charge in [0, 0.05) is 32.1 Å². The van der Waals surface area contributed by atoms with Crippen LogP contribution in [0.25, 0.3) is 0 Å². The van der Waals surface area contributed by atoms with E-state index in [2.05, 4.69) is 17.3 Å². The summed E-state index contributed by atoms with van der Waals surface area (Å²) in [4.78, 5) is 12.6. The predicted octanol–water partition coefficient (Wildman–Crippen LogP) is 0.160. The van der Waals surface area contributed by atoms with Crippen LogP contribution in [-0.4, -0.2) is 61.4 Å². The van der Waals surface area contributed by atoms with Crippen LogP contribution < -0.4 is 5.32 Å². The maximum Gasteiger partial charge on any atom is 0.303 e. The highest BCUT2D eigenvalue weighted by molar-refractivity contribution is 5.66. The van der Waals surface area contributed by atoms with Crippen molar-refractivity contribution in [2.24, 2.45) is 0 Å². The van der Waals surface area contributed by atoms with Crippen molar-refractivity contribution in [1.82, 2.24) is 10.2 Å². The first-order valence-corrected chi connectivity index (χ1v) is 5.83. The van der Waals surface area contributed by atoms with Crippen LogP contribution in [0.3, 0.4) is 0 Å². The number of carbonyl (C=O) groups is 1. The Kier molecular flexibility index (Phi) is 5.73. The highest BCUT2D eigenvalue weighted by atomic mass is 16.5. The second kappa shape index (κ2) is 6.83. The first-order chi connectivity index (χ1) is 7.58. The molecule has 5 nitrogen and oxygen atoms in total. The zero-order chi connectivity index (χ0) is 12.0. The first kappa shape index (κ1) is 13.4. The van der Waals surface area contributed by atoms with Gasteiger partial charge in [-0.05, 0) is 20.4 Å². The molecule has 1 saturated heterocycles. The smallest absolute Gasteiger partial charge is 0.303 e. The number of hydrogen-bond acceptors (Lipinski definition) is 4. The zero-order valence-electron chi connectivity index (χ0n) is 10.1. The Morgan fingerprint density at radius 1 is 1.69 bits per heavy atom. The quantitative estimate of drug-likeness (QED) is 0.680. The third kappa shape index (κ3) is 5.44. The third-order valence-corrected chi connectivity index (χ3v) is 2.83. The number of aliphatic carboxylic acids is 1. The van der Waals surface area contributed by atoms with Crippen molar-refractivity contribution in [3.8, 4) is 0 Å². The maximum atomic E-state index is 10.4. The second-order valence-corrected chi connectivity index (χ2v) is 4.50. The summed E-state index contributed by atoms with van der Waals surface area (Å²) in [5, 5.41) is 11.9. The number of nitrogens with zero attached hydrogens (tertiary/aromatic N) is 1. The SMILES string of the molecule is CC(CCC(=O)O)NCC1CN(C)CCO1. The lowest BCUT2D eigenvalue weighted by Gasteiger charge is -2.31. The molecule has 0 aromatic carbocycles. The monoisotopic (exact) mass is 230 g/mol. The number of carboxylic acid groups (broad SMARTS) is 1. The highest BCUT2D eigenvalue weighted by Gasteiger charge is 2.17. The lowest BCUT2D eigenvalue weighted by molar-refractivity contribution is -0.137. The third-order valence-electron chi connectivity index (χ3n) is 2.83. The molecule has 1 aliphatic heterocycles. The molecule has 0 aromatic rings. The number of ether oxygens (including phenoxy) is 1. The van der Waals surface area contributed by atoms with E-state index in [1.54, 1.807) is 0 Å². The first-order valence-electron chi connectivity index (χ1n) is 5.83. The predicted molar refractivity (Wildman–Crippen MR) is 61.6 cm³/mol. The van der Waals surface area contributed by atoms with E-state index >= 15 is 0 Å². The lowest BCUT2D eigenvalue weighted by Crippen LogP contribution is -2.46. The summed E-state index contributed by atoms with van der Waals surface area (Å²) < 4.78 is 5.60. The summed E-state index contributed by atoms with van der Waals surface area (Å²) >= 11 is 0. The molecule has 1 fully saturated rings. The van der Waals surface area contributed by atoms with Gasteiger partial charge in [-0.1, -0.05) is 0 Å². The maximum absolute atomic E-state index is 10.4. The Labute approximate surface area is 96.8 Å². The number of carboxylic acids is 1. The average Bonchev–Trinajstić information content (AvgIpc) is 2.23. The minimum Gasteiger partial charge on any atom is -0.481 e. The second-order valence-electron chi connectivity index (χ2n) is 4.50. The standard InChI is InChI=1S/C11H22N2O3/c1-9(3-4-11(14)15)12-7-10-8-13(2)5-6-16-10/h9-10,12H,3-8H2,1-2H3,(H,14,15). The topological polar surface area (TPSA) is 61.8 Å². The molecule has 0 radical (unpaired) electrons. The van der Waals surface area contributed by atoms with Crippen molar-refractivity contribution in [1.29, 1.82) is 0 Å². The molecule has 0 amide bonds. The van der Waals surface area contributed by atoms with E-state index in [-0.39, 0.29) is 18.6 Å². The summed E-state index contributed by atoms with van der Waals surface area (Å²) in [6.45, 7) is 5.52. The lowest BCUT2D eigenvalue weighted by atomic mass is 10.1. The Morgan fingerprint density at radius 3 is 3.06 bits per heavy atom. The van der Waals surface area contributed by atoms with Gasteiger partial charge in [0.05, 0.1) is 12.7 Å². The summed E-state index contributed by atoms with van der Waals surface area (Å²) in [7, 11) is 2.09. The fraction of sp³-hybridized carbons (Fsp3) is 0.909. The van der Waals surface area contributed by atoms with Gasteiger partial charge in [0.15, 0.2) is 0 Å². The van der Waals surface area contributed by atoms with Gasteiger partial charge in [0.25, 0.3) is 0 Å². The molecule has 94 valence electrons. The minimum atomic E-state index is -0.734. The van der Waals surface area contributed by atoms with Gasteiger partial charge < -0.3 is 20.1 Å². The molecule has 0 aliphatic carbocycles. The Balaban J connectivity index is 2.10. The Bertz CT molecular complexity index is 223. The van der Waals surface area contributed by atoms with E-state index in [4.69, 9.17) is 9.84 Å². The normalized spacial score (nSPS) is 24.2. The molecule has 0 saturated carbocycles. The van der Waals surface area contributed by atoms with Crippen molar-refractivity contribution in [2.75, 3.05) is 33.3 Å². The Morgan fingerprint density at radius 2 is 2.44 bits per heavy atom. The van der Waals surface area contributed by atoms with E-state index < -0.39 is 5.97 Å². The van der Waals surface area contributed by atoms with Crippen LogP contribution >= 0.6 is 0 Å². The molecule has 5 heteroatoms. The van der Waals surface area contributed by atoms with Crippen LogP contribution in [0.1, 0.15) is 19.8 Å². The molecule has 1 rings (SSSR count). The van der Waals surface area contributed by atoms with Crippen molar-refractivity contribution in [3.63, 3.8) is 0 Å². The summed E-state index contributed by atoms with van der Waals surface area (Å²) in [6.07, 6.45) is 1.11. The van der Waals surface area contributed by atoms with E-state index in [9.17, 15) is 4.79 Å². The van der Waals surface area contributed by atoms with Crippen molar-refractivity contribution >= 4 is 5.97 Å². The molecule has 2 atom stereocenters. The van der Waals surface area contributed by atoms with Crippen LogP contribution in [0.4, 0.5) is 0 Å². The van der Waals surface area contributed by atoms with E-state index in [0.717, 1.165) is 26.2 Å². The molecule has 2 unspecified atom stereocenters. The van der Waals surface area contributed by atoms with Crippen molar-refractivity contribution < 1.29 is 14.6 Å². The summed E-state index contributed by atoms with van der Waals surface area (Å²) in [5.41, 5.74) is 0. The van der Waals surface area contributed by atoms with Crippen molar-refractivity contribution in [3.05, 3.63) is 0 Å². The van der Waals surface area contributed by atoms with Gasteiger partial charge in [-0.3, -0.25) is 4.79 Å². The Hall–Kier alpha value is -0.650. The van der Waals surface area contributed by atoms with Gasteiger partial charge in [-0.2, -0.15) is 0 Å². The number of morpholine rings is 1. The molecule has 16 heavy (non-hydrogen) atoms. The number of hydrogen-bond donors (Lipinski definition) is 2. The van der Waals surface area contributed by atoms with E-state index in [1.165, 1.54) is 0 Å². The molecular formula is C11H22N2O3. The molecule has 1 heterocycles. The number of rotatable bonds is 6. The number of likely N-dealkylation sites (N-methyl/N-ethyl adjacent to an activating group) is 1. The molecule has 0 bridgehead atoms. The van der Waals surface area contributed by atoms with E-state index in [1.807, 2.05) is 6.92 Å². The molecular weight excluding hydrogens is 208 g/mol. The van der Waals surface area contributed by atoms with Gasteiger partial charge in [-0.15, -0.1) is 0 Å². The highest BCUT2D eigenvalue weighted by Crippen LogP contribution is 2.03. The fourth-order valence-electron chi connectivity index (χ4n) is 1.76. The molecule has 1 aliphatic rings. The van der Waals surface area contributed by atoms with Gasteiger partial charge >= 0.3 is 5.97 Å². The van der Waals surface area contributed by atoms with E-state index in [0.29, 0.717) is 6.42 Å². The largest absolute Gasteiger partial charge is 0.481 e. The zero-order valence-corrected chi connectivity index (χ0v) is 10.1. The average molecular weight is 230 g/mol. The van der Waals surface area contributed by atoms with Crippen molar-refractivity contribution in [2.45, 2.75) is 31.9 Å². The summed E-state index contributed by atoms with van der Waals surface area (Å²) in [6, 6.07) is 0.229. The van der Waals surface area contributed by atoms with Crippen LogP contribution in [0.5, 0.6) is 0 Å². The van der Waals surface area contributed by atoms with Gasteiger partial charge in [0.1, 0.15) is 0 Å². The minimum absolute atomic E-state index is 0.222. The van der Waals surface area contributed by atoms with Crippen LogP contribution in [-0.2, 0) is 9.53 Å². The summed E-state index contributed by atoms with van der Waals surface area (Å²) in [5.74, 6) is -0.734. The number of nitrogens with one attached hydrogen (secondary N) is 1. The molecule has 0 aromatic heterocycles. The van der Waals surface area contributed by atoms with Crippen LogP contribution in [0, 0.1) is 0 Å². The van der Waals surface area contributed by atoms with Gasteiger partial charge in [0.2, 0.25) is 0 Å². The molecule has 2 N–H and O–H groups in total.